The van der Waals surface area contributed by atoms with Crippen LogP contribution in [0.1, 0.15) is 40.5 Å². The number of aromatic nitrogens is 3. The summed E-state index contributed by atoms with van der Waals surface area (Å²) in [5.41, 5.74) is 5.49. The number of thioether (sulfide) groups is 1. The van der Waals surface area contributed by atoms with Crippen LogP contribution in [0.3, 0.4) is 0 Å². The zero-order chi connectivity index (χ0) is 30.5. The van der Waals surface area contributed by atoms with E-state index in [2.05, 4.69) is 9.98 Å². The standard InChI is InChI=1S/C35H30F2N4O2S/c1-23-17-32(28-19-30(37)34(42)41(21-28)20-24-11-12-31-26(18-24)13-15-38-31)40-35(39-23)44-16-14-33(25-7-3-2-4-8-25)43-22-27-9-5-6-10-29(27)36/h2-12,15,17-19,21,33H,13-14,16,20,22H2,1H3. The Morgan fingerprint density at radius 3 is 2.61 bits per heavy atom. The Balaban J connectivity index is 1.17. The van der Waals surface area contributed by atoms with Crippen LogP contribution in [-0.4, -0.2) is 26.5 Å². The van der Waals surface area contributed by atoms with Gasteiger partial charge in [-0.25, -0.2) is 18.7 Å². The largest absolute Gasteiger partial charge is 0.369 e. The third-order valence-corrected chi connectivity index (χ3v) is 8.27. The van der Waals surface area contributed by atoms with E-state index < -0.39 is 11.4 Å². The molecule has 5 aromatic rings. The summed E-state index contributed by atoms with van der Waals surface area (Å²) in [5, 5.41) is 0.540. The van der Waals surface area contributed by atoms with E-state index in [9.17, 15) is 13.6 Å². The number of aliphatic imine (C=N–C) groups is 1. The first-order chi connectivity index (χ1) is 21.4. The van der Waals surface area contributed by atoms with Crippen LogP contribution >= 0.6 is 11.8 Å². The molecule has 3 heterocycles. The quantitative estimate of drug-likeness (QED) is 0.114. The van der Waals surface area contributed by atoms with Crippen molar-refractivity contribution < 1.29 is 13.5 Å². The van der Waals surface area contributed by atoms with Gasteiger partial charge in [0.15, 0.2) is 11.0 Å². The molecule has 0 saturated carbocycles. The molecule has 0 fully saturated rings. The number of rotatable bonds is 11. The second-order valence-electron chi connectivity index (χ2n) is 10.6. The third-order valence-electron chi connectivity index (χ3n) is 7.39. The van der Waals surface area contributed by atoms with Gasteiger partial charge in [0.25, 0.3) is 5.56 Å². The molecule has 3 aromatic carbocycles. The lowest BCUT2D eigenvalue weighted by Crippen LogP contribution is -2.23. The zero-order valence-electron chi connectivity index (χ0n) is 24.1. The Bertz CT molecular complexity index is 1880. The molecule has 0 spiro atoms. The average Bonchev–Trinajstić information content (AvgIpc) is 3.50. The lowest BCUT2D eigenvalue weighted by atomic mass is 10.1. The smallest absolute Gasteiger partial charge is 0.286 e. The molecule has 1 atom stereocenters. The van der Waals surface area contributed by atoms with Gasteiger partial charge in [0.05, 0.1) is 30.6 Å². The first kappa shape index (κ1) is 29.6. The van der Waals surface area contributed by atoms with E-state index in [1.165, 1.54) is 28.5 Å². The summed E-state index contributed by atoms with van der Waals surface area (Å²) in [4.78, 5) is 26.3. The fourth-order valence-corrected chi connectivity index (χ4v) is 6.04. The van der Waals surface area contributed by atoms with Crippen LogP contribution in [-0.2, 0) is 24.3 Å². The summed E-state index contributed by atoms with van der Waals surface area (Å²) in [7, 11) is 0. The van der Waals surface area contributed by atoms with E-state index in [1.54, 1.807) is 30.5 Å². The first-order valence-corrected chi connectivity index (χ1v) is 15.3. The Morgan fingerprint density at radius 2 is 1.77 bits per heavy atom. The molecule has 2 aromatic heterocycles. The van der Waals surface area contributed by atoms with Crippen LogP contribution in [0, 0.1) is 18.6 Å². The predicted octanol–water partition coefficient (Wildman–Crippen LogP) is 7.64. The van der Waals surface area contributed by atoms with Crippen molar-refractivity contribution in [3.8, 4) is 11.3 Å². The van der Waals surface area contributed by atoms with Crippen molar-refractivity contribution in [2.24, 2.45) is 4.99 Å². The minimum atomic E-state index is -0.838. The lowest BCUT2D eigenvalue weighted by Gasteiger charge is -2.18. The molecule has 0 amide bonds. The molecular weight excluding hydrogens is 578 g/mol. The summed E-state index contributed by atoms with van der Waals surface area (Å²) in [6.45, 7) is 2.25. The molecular formula is C35H30F2N4O2S. The van der Waals surface area contributed by atoms with E-state index >= 15 is 0 Å². The summed E-state index contributed by atoms with van der Waals surface area (Å²) in [5.74, 6) is -0.496. The van der Waals surface area contributed by atoms with E-state index in [1.807, 2.05) is 61.7 Å². The molecule has 0 saturated heterocycles. The van der Waals surface area contributed by atoms with Crippen LogP contribution in [0.4, 0.5) is 14.5 Å². The van der Waals surface area contributed by atoms with Gasteiger partial charge < -0.3 is 9.30 Å². The number of benzene rings is 3. The van der Waals surface area contributed by atoms with E-state index in [0.717, 1.165) is 34.5 Å². The van der Waals surface area contributed by atoms with Gasteiger partial charge in [-0.1, -0.05) is 72.4 Å². The fourth-order valence-electron chi connectivity index (χ4n) is 5.15. The number of aryl methyl sites for hydroxylation is 1. The Hall–Kier alpha value is -4.47. The minimum absolute atomic E-state index is 0.155. The molecule has 0 N–H and O–H groups in total. The Kier molecular flexibility index (Phi) is 9.04. The number of ether oxygens (including phenoxy) is 1. The number of fused-ring (bicyclic) bond motifs is 1. The molecule has 44 heavy (non-hydrogen) atoms. The molecule has 0 bridgehead atoms. The van der Waals surface area contributed by atoms with Crippen molar-refractivity contribution in [3.05, 3.63) is 141 Å². The maximum absolute atomic E-state index is 14.9. The molecule has 9 heteroatoms. The summed E-state index contributed by atoms with van der Waals surface area (Å²) in [6, 6.07) is 25.3. The maximum Gasteiger partial charge on any atom is 0.286 e. The normalized spacial score (nSPS) is 12.8. The average molecular weight is 609 g/mol. The number of nitrogens with zero attached hydrogens (tertiary/aromatic N) is 4. The van der Waals surface area contributed by atoms with E-state index in [0.29, 0.717) is 34.2 Å². The second-order valence-corrected chi connectivity index (χ2v) is 11.7. The molecule has 1 aliphatic heterocycles. The highest BCUT2D eigenvalue weighted by Crippen LogP contribution is 2.29. The molecule has 222 valence electrons. The lowest BCUT2D eigenvalue weighted by molar-refractivity contribution is 0.0364. The van der Waals surface area contributed by atoms with Gasteiger partial charge >= 0.3 is 0 Å². The number of hydrogen-bond acceptors (Lipinski definition) is 6. The van der Waals surface area contributed by atoms with Crippen molar-refractivity contribution in [2.45, 2.75) is 44.2 Å². The summed E-state index contributed by atoms with van der Waals surface area (Å²) in [6.07, 6.45) is 4.64. The van der Waals surface area contributed by atoms with Crippen molar-refractivity contribution in [3.63, 3.8) is 0 Å². The van der Waals surface area contributed by atoms with Crippen LogP contribution < -0.4 is 5.56 Å². The Morgan fingerprint density at radius 1 is 0.955 bits per heavy atom. The van der Waals surface area contributed by atoms with Crippen molar-refractivity contribution in [1.29, 1.82) is 0 Å². The van der Waals surface area contributed by atoms with Crippen molar-refractivity contribution in [2.75, 3.05) is 5.75 Å². The molecule has 0 aliphatic carbocycles. The van der Waals surface area contributed by atoms with E-state index in [-0.39, 0.29) is 25.1 Å². The number of pyridine rings is 1. The van der Waals surface area contributed by atoms with Gasteiger partial charge in [-0.3, -0.25) is 9.79 Å². The monoisotopic (exact) mass is 608 g/mol. The molecule has 1 unspecified atom stereocenters. The van der Waals surface area contributed by atoms with Crippen molar-refractivity contribution in [1.82, 2.24) is 14.5 Å². The Labute approximate surface area is 258 Å². The minimum Gasteiger partial charge on any atom is -0.369 e. The third kappa shape index (κ3) is 7.01. The van der Waals surface area contributed by atoms with Gasteiger partial charge in [-0.2, -0.15) is 0 Å². The maximum atomic E-state index is 14.9. The predicted molar refractivity (Wildman–Crippen MR) is 170 cm³/mol. The van der Waals surface area contributed by atoms with Gasteiger partial charge in [0.1, 0.15) is 5.82 Å². The molecule has 0 radical (unpaired) electrons. The van der Waals surface area contributed by atoms with Gasteiger partial charge in [-0.05, 0) is 54.3 Å². The van der Waals surface area contributed by atoms with Gasteiger partial charge in [0.2, 0.25) is 0 Å². The fraction of sp³-hybridized carbons (Fsp3) is 0.200. The number of halogens is 2. The molecule has 6 nitrogen and oxygen atoms in total. The SMILES string of the molecule is Cc1cc(-c2cc(F)c(=O)n(Cc3ccc4c(c3)CC=N4)c2)nc(SCCC(OCc2ccccc2F)c2ccccc2)n1. The van der Waals surface area contributed by atoms with Crippen molar-refractivity contribution >= 4 is 23.7 Å². The first-order valence-electron chi connectivity index (χ1n) is 14.4. The van der Waals surface area contributed by atoms with Crippen LogP contribution in [0.5, 0.6) is 0 Å². The second kappa shape index (κ2) is 13.4. The highest BCUT2D eigenvalue weighted by Gasteiger charge is 2.16. The molecule has 1 aliphatic rings. The topological polar surface area (TPSA) is 69.4 Å². The van der Waals surface area contributed by atoms with Crippen LogP contribution in [0.25, 0.3) is 11.3 Å². The van der Waals surface area contributed by atoms with Gasteiger partial charge in [0, 0.05) is 41.4 Å². The van der Waals surface area contributed by atoms with Crippen LogP contribution in [0.2, 0.25) is 0 Å². The number of hydrogen-bond donors (Lipinski definition) is 0. The highest BCUT2D eigenvalue weighted by atomic mass is 32.2. The summed E-state index contributed by atoms with van der Waals surface area (Å²) < 4.78 is 36.7. The van der Waals surface area contributed by atoms with Crippen LogP contribution in [0.15, 0.2) is 106 Å². The summed E-state index contributed by atoms with van der Waals surface area (Å²) >= 11 is 1.47. The molecule has 6 rings (SSSR count). The van der Waals surface area contributed by atoms with E-state index in [4.69, 9.17) is 9.72 Å². The van der Waals surface area contributed by atoms with Gasteiger partial charge in [-0.15, -0.1) is 0 Å². The zero-order valence-corrected chi connectivity index (χ0v) is 24.9. The highest BCUT2D eigenvalue weighted by molar-refractivity contribution is 7.99.